The molecule has 2 N–H and O–H groups in total. The molecule has 1 saturated carbocycles. The second-order valence-electron chi connectivity index (χ2n) is 5.48. The van der Waals surface area contributed by atoms with Crippen LogP contribution in [0.25, 0.3) is 0 Å². The lowest BCUT2D eigenvalue weighted by atomic mass is 9.94. The molecule has 1 heterocycles. The summed E-state index contributed by atoms with van der Waals surface area (Å²) < 4.78 is 4.97. The topological polar surface area (TPSA) is 52.9 Å². The highest BCUT2D eigenvalue weighted by molar-refractivity contribution is 4.92. The van der Waals surface area contributed by atoms with Crippen LogP contribution < -0.4 is 0 Å². The number of β-amino-alcohol motifs (C(OH)–C–C–N with tert-alkyl or cyclic N) is 1. The molecule has 0 spiro atoms. The maximum Gasteiger partial charge on any atom is 0.0900 e. The number of hydrogen-bond donors (Lipinski definition) is 2. The fourth-order valence-electron chi connectivity index (χ4n) is 3.50. The molecule has 1 aliphatic carbocycles. The van der Waals surface area contributed by atoms with Crippen LogP contribution >= 0.6 is 0 Å². The van der Waals surface area contributed by atoms with Crippen LogP contribution in [-0.2, 0) is 4.74 Å². The van der Waals surface area contributed by atoms with E-state index >= 15 is 0 Å². The fourth-order valence-corrected chi connectivity index (χ4v) is 3.50. The number of aliphatic hydroxyl groups excluding tert-OH is 2. The van der Waals surface area contributed by atoms with Crippen molar-refractivity contribution in [3.05, 3.63) is 0 Å². The van der Waals surface area contributed by atoms with E-state index in [0.29, 0.717) is 25.1 Å². The number of hydrogen-bond acceptors (Lipinski definition) is 4. The molecule has 4 unspecified atom stereocenters. The number of methoxy groups -OCH3 is 1. The first-order chi connectivity index (χ1) is 8.22. The Morgan fingerprint density at radius 3 is 2.76 bits per heavy atom. The second kappa shape index (κ2) is 6.14. The quantitative estimate of drug-likeness (QED) is 0.743. The monoisotopic (exact) mass is 243 g/mol. The molecule has 0 bridgehead atoms. The van der Waals surface area contributed by atoms with Gasteiger partial charge in [-0.05, 0) is 32.2 Å². The third kappa shape index (κ3) is 3.19. The van der Waals surface area contributed by atoms with Gasteiger partial charge in [0.2, 0.25) is 0 Å². The summed E-state index contributed by atoms with van der Waals surface area (Å²) in [6.45, 7) is 2.13. The standard InChI is InChI=1S/C13H25NO3/c1-17-9-10(15)8-14-7-3-5-12(14)11-4-2-6-13(11)16/h10-13,15-16H,2-9H2,1H3. The lowest BCUT2D eigenvalue weighted by Crippen LogP contribution is -2.43. The summed E-state index contributed by atoms with van der Waals surface area (Å²) in [5.74, 6) is 0.423. The van der Waals surface area contributed by atoms with E-state index < -0.39 is 6.10 Å². The summed E-state index contributed by atoms with van der Waals surface area (Å²) in [6.07, 6.45) is 5.07. The van der Waals surface area contributed by atoms with Crippen molar-refractivity contribution in [3.8, 4) is 0 Å². The molecule has 1 saturated heterocycles. The molecule has 0 aromatic rings. The van der Waals surface area contributed by atoms with E-state index in [0.717, 1.165) is 25.8 Å². The summed E-state index contributed by atoms with van der Waals surface area (Å²) in [4.78, 5) is 2.35. The fraction of sp³-hybridized carbons (Fsp3) is 1.00. The predicted molar refractivity (Wildman–Crippen MR) is 65.8 cm³/mol. The van der Waals surface area contributed by atoms with Crippen molar-refractivity contribution in [1.29, 1.82) is 0 Å². The minimum Gasteiger partial charge on any atom is -0.393 e. The molecule has 0 amide bonds. The van der Waals surface area contributed by atoms with E-state index in [2.05, 4.69) is 4.90 Å². The van der Waals surface area contributed by atoms with E-state index in [9.17, 15) is 10.2 Å². The lowest BCUT2D eigenvalue weighted by molar-refractivity contribution is 0.0157. The van der Waals surface area contributed by atoms with Crippen LogP contribution in [0.3, 0.4) is 0 Å². The van der Waals surface area contributed by atoms with Gasteiger partial charge in [-0.15, -0.1) is 0 Å². The summed E-state index contributed by atoms with van der Waals surface area (Å²) in [5.41, 5.74) is 0. The summed E-state index contributed by atoms with van der Waals surface area (Å²) in [5, 5.41) is 19.8. The van der Waals surface area contributed by atoms with Gasteiger partial charge >= 0.3 is 0 Å². The van der Waals surface area contributed by atoms with E-state index in [-0.39, 0.29) is 6.10 Å². The predicted octanol–water partition coefficient (Wildman–Crippen LogP) is 0.619. The largest absolute Gasteiger partial charge is 0.393 e. The first kappa shape index (κ1) is 13.3. The lowest BCUT2D eigenvalue weighted by Gasteiger charge is -2.32. The maximum atomic E-state index is 9.99. The Balaban J connectivity index is 1.88. The van der Waals surface area contributed by atoms with Gasteiger partial charge in [-0.1, -0.05) is 6.42 Å². The zero-order valence-corrected chi connectivity index (χ0v) is 10.7. The Hall–Kier alpha value is -0.160. The average Bonchev–Trinajstić information content (AvgIpc) is 2.87. The van der Waals surface area contributed by atoms with Crippen LogP contribution in [0.5, 0.6) is 0 Å². The summed E-state index contributed by atoms with van der Waals surface area (Å²) in [6, 6.07) is 0.471. The summed E-state index contributed by atoms with van der Waals surface area (Å²) >= 11 is 0. The SMILES string of the molecule is COCC(O)CN1CCCC1C1CCCC1O. The second-order valence-corrected chi connectivity index (χ2v) is 5.48. The molecule has 2 aliphatic rings. The summed E-state index contributed by atoms with van der Waals surface area (Å²) in [7, 11) is 1.62. The highest BCUT2D eigenvalue weighted by Crippen LogP contribution is 2.35. The van der Waals surface area contributed by atoms with Gasteiger partial charge in [0, 0.05) is 25.6 Å². The molecule has 2 rings (SSSR count). The number of ether oxygens (including phenoxy) is 1. The number of aliphatic hydroxyl groups is 2. The average molecular weight is 243 g/mol. The molecular weight excluding hydrogens is 218 g/mol. The zero-order valence-electron chi connectivity index (χ0n) is 10.7. The molecule has 2 fully saturated rings. The molecule has 1 aliphatic heterocycles. The van der Waals surface area contributed by atoms with Crippen molar-refractivity contribution < 1.29 is 14.9 Å². The number of likely N-dealkylation sites (tertiary alicyclic amines) is 1. The third-order valence-corrected chi connectivity index (χ3v) is 4.24. The highest BCUT2D eigenvalue weighted by atomic mass is 16.5. The van der Waals surface area contributed by atoms with E-state index in [1.165, 1.54) is 12.8 Å². The minimum atomic E-state index is -0.404. The molecule has 0 radical (unpaired) electrons. The molecule has 4 nitrogen and oxygen atoms in total. The Labute approximate surface area is 104 Å². The first-order valence-corrected chi connectivity index (χ1v) is 6.81. The van der Waals surface area contributed by atoms with Crippen LogP contribution in [0.2, 0.25) is 0 Å². The van der Waals surface area contributed by atoms with Crippen molar-refractivity contribution in [1.82, 2.24) is 4.90 Å². The van der Waals surface area contributed by atoms with Crippen LogP contribution in [0.1, 0.15) is 32.1 Å². The Morgan fingerprint density at radius 1 is 1.29 bits per heavy atom. The van der Waals surface area contributed by atoms with Gasteiger partial charge in [-0.3, -0.25) is 4.90 Å². The van der Waals surface area contributed by atoms with Crippen molar-refractivity contribution in [3.63, 3.8) is 0 Å². The van der Waals surface area contributed by atoms with Crippen LogP contribution in [0, 0.1) is 5.92 Å². The van der Waals surface area contributed by atoms with Gasteiger partial charge in [0.25, 0.3) is 0 Å². The van der Waals surface area contributed by atoms with Gasteiger partial charge in [0.15, 0.2) is 0 Å². The van der Waals surface area contributed by atoms with Crippen molar-refractivity contribution >= 4 is 0 Å². The van der Waals surface area contributed by atoms with Gasteiger partial charge in [0.1, 0.15) is 0 Å². The number of nitrogens with zero attached hydrogens (tertiary/aromatic N) is 1. The van der Waals surface area contributed by atoms with Crippen LogP contribution in [0.4, 0.5) is 0 Å². The smallest absolute Gasteiger partial charge is 0.0900 e. The molecule has 4 heteroatoms. The zero-order chi connectivity index (χ0) is 12.3. The molecule has 0 aromatic carbocycles. The molecule has 4 atom stereocenters. The van der Waals surface area contributed by atoms with Gasteiger partial charge < -0.3 is 14.9 Å². The number of rotatable bonds is 5. The van der Waals surface area contributed by atoms with Crippen LogP contribution in [-0.4, -0.2) is 60.2 Å². The molecule has 17 heavy (non-hydrogen) atoms. The van der Waals surface area contributed by atoms with Crippen molar-refractivity contribution in [2.75, 3.05) is 26.8 Å². The van der Waals surface area contributed by atoms with E-state index in [1.54, 1.807) is 7.11 Å². The normalized spacial score (nSPS) is 36.5. The Bertz CT molecular complexity index is 237. The van der Waals surface area contributed by atoms with Crippen molar-refractivity contribution in [2.45, 2.75) is 50.4 Å². The first-order valence-electron chi connectivity index (χ1n) is 6.81. The van der Waals surface area contributed by atoms with Gasteiger partial charge in [0.05, 0.1) is 18.8 Å². The van der Waals surface area contributed by atoms with Gasteiger partial charge in [-0.2, -0.15) is 0 Å². The third-order valence-electron chi connectivity index (χ3n) is 4.24. The Morgan fingerprint density at radius 2 is 2.12 bits per heavy atom. The minimum absolute atomic E-state index is 0.125. The molecular formula is C13H25NO3. The Kier molecular flexibility index (Phi) is 4.79. The van der Waals surface area contributed by atoms with E-state index in [4.69, 9.17) is 4.74 Å². The van der Waals surface area contributed by atoms with E-state index in [1.807, 2.05) is 0 Å². The molecule has 100 valence electrons. The van der Waals surface area contributed by atoms with Crippen LogP contribution in [0.15, 0.2) is 0 Å². The van der Waals surface area contributed by atoms with Crippen molar-refractivity contribution in [2.24, 2.45) is 5.92 Å². The maximum absolute atomic E-state index is 9.99. The van der Waals surface area contributed by atoms with Gasteiger partial charge in [-0.25, -0.2) is 0 Å². The molecule has 0 aromatic heterocycles. The highest BCUT2D eigenvalue weighted by Gasteiger charge is 2.38.